The van der Waals surface area contributed by atoms with Crippen molar-refractivity contribution in [2.45, 2.75) is 82.5 Å². The number of fused-ring (bicyclic) bond motifs is 4. The molecule has 4 atom stereocenters. The standard InChI is InChI=1S/C50H51FN4O6Si/c1-33-48(62(2,3)51)44(30-47(59)52(26-27-56)31-34-12-5-4-6-13-34)61-50(33)40-29-39(55-42-19-10-8-16-37(42)21-25-46(55)58)22-23-43(40)53(49(50)60)32-35-14-11-17-38(28-35)54-41-18-9-7-15-36(41)20-24-45(54)57/h4-19,22-23,28-29,33,44,48,56H,20-21,24-27,30-32H2,1-3H3/t33-,44+,48-,50+/m0/s1. The van der Waals surface area contributed by atoms with Crippen LogP contribution in [-0.4, -0.2) is 61.3 Å². The van der Waals surface area contributed by atoms with Gasteiger partial charge in [-0.25, -0.2) is 0 Å². The number of halogens is 1. The van der Waals surface area contributed by atoms with Crippen molar-refractivity contribution in [3.63, 3.8) is 0 Å². The number of rotatable bonds is 11. The van der Waals surface area contributed by atoms with Gasteiger partial charge in [-0.3, -0.25) is 29.0 Å². The molecule has 62 heavy (non-hydrogen) atoms. The van der Waals surface area contributed by atoms with Gasteiger partial charge in [0.15, 0.2) is 5.60 Å². The Morgan fingerprint density at radius 3 is 1.98 bits per heavy atom. The van der Waals surface area contributed by atoms with E-state index in [0.29, 0.717) is 48.3 Å². The van der Waals surface area contributed by atoms with Crippen LogP contribution in [0.3, 0.4) is 0 Å². The largest absolute Gasteiger partial charge is 0.395 e. The van der Waals surface area contributed by atoms with E-state index in [1.807, 2.05) is 128 Å². The predicted molar refractivity (Wildman–Crippen MR) is 240 cm³/mol. The molecule has 0 aliphatic carbocycles. The van der Waals surface area contributed by atoms with Crippen molar-refractivity contribution in [3.8, 4) is 0 Å². The molecular formula is C50H51FN4O6Si. The van der Waals surface area contributed by atoms with Gasteiger partial charge in [0.25, 0.3) is 5.91 Å². The molecule has 1 saturated heterocycles. The molecule has 1 spiro atoms. The summed E-state index contributed by atoms with van der Waals surface area (Å²) in [5.74, 6) is -1.47. The second kappa shape index (κ2) is 16.4. The van der Waals surface area contributed by atoms with Crippen LogP contribution >= 0.6 is 0 Å². The zero-order valence-electron chi connectivity index (χ0n) is 35.3. The number of carbonyl (C=O) groups excluding carboxylic acids is 4. The van der Waals surface area contributed by atoms with Crippen LogP contribution in [0.4, 0.5) is 32.5 Å². The maximum atomic E-state index is 17.0. The van der Waals surface area contributed by atoms with E-state index < -0.39 is 31.6 Å². The Kier molecular flexibility index (Phi) is 10.9. The molecule has 4 heterocycles. The highest BCUT2D eigenvalue weighted by atomic mass is 28.4. The number of aliphatic hydroxyl groups is 1. The monoisotopic (exact) mass is 850 g/mol. The normalized spacial score (nSPS) is 21.9. The van der Waals surface area contributed by atoms with E-state index in [1.54, 1.807) is 32.7 Å². The van der Waals surface area contributed by atoms with Crippen LogP contribution in [0.5, 0.6) is 0 Å². The van der Waals surface area contributed by atoms with E-state index in [0.717, 1.165) is 33.6 Å². The number of aliphatic hydroxyl groups excluding tert-OH is 1. The predicted octanol–water partition coefficient (Wildman–Crippen LogP) is 8.64. The van der Waals surface area contributed by atoms with Gasteiger partial charge in [-0.05, 0) is 90.7 Å². The number of anilines is 5. The lowest BCUT2D eigenvalue weighted by Gasteiger charge is -2.32. The number of nitrogens with zero attached hydrogens (tertiary/aromatic N) is 4. The fourth-order valence-corrected chi connectivity index (χ4v) is 12.9. The number of hydrogen-bond acceptors (Lipinski definition) is 6. The molecule has 4 amide bonds. The van der Waals surface area contributed by atoms with Crippen molar-refractivity contribution < 1.29 is 33.1 Å². The number of aryl methyl sites for hydroxylation is 2. The first kappa shape index (κ1) is 41.4. The van der Waals surface area contributed by atoms with E-state index in [4.69, 9.17) is 4.74 Å². The summed E-state index contributed by atoms with van der Waals surface area (Å²) in [6, 6.07) is 38.3. The molecule has 0 radical (unpaired) electrons. The maximum absolute atomic E-state index is 17.0. The van der Waals surface area contributed by atoms with E-state index in [-0.39, 0.29) is 56.3 Å². The van der Waals surface area contributed by atoms with Gasteiger partial charge in [-0.15, -0.1) is 0 Å². The highest BCUT2D eigenvalue weighted by molar-refractivity contribution is 6.72. The summed E-state index contributed by atoms with van der Waals surface area (Å²) in [6.45, 7) is 5.28. The number of carbonyl (C=O) groups is 4. The first-order valence-electron chi connectivity index (χ1n) is 21.6. The minimum Gasteiger partial charge on any atom is -0.395 e. The molecule has 1 fully saturated rings. The number of benzene rings is 5. The van der Waals surface area contributed by atoms with Gasteiger partial charge in [0.05, 0.1) is 42.7 Å². The number of amides is 4. The second-order valence-electron chi connectivity index (χ2n) is 17.5. The van der Waals surface area contributed by atoms with Crippen LogP contribution in [0, 0.1) is 5.92 Å². The van der Waals surface area contributed by atoms with Crippen molar-refractivity contribution in [1.29, 1.82) is 0 Å². The summed E-state index contributed by atoms with van der Waals surface area (Å²) >= 11 is 0. The number of para-hydroxylation sites is 2. The smallest absolute Gasteiger partial charge is 0.264 e. The maximum Gasteiger partial charge on any atom is 0.264 e. The van der Waals surface area contributed by atoms with Gasteiger partial charge in [0, 0.05) is 54.3 Å². The van der Waals surface area contributed by atoms with E-state index in [2.05, 4.69) is 0 Å². The Balaban J connectivity index is 1.12. The average molecular weight is 851 g/mol. The molecule has 1 N–H and O–H groups in total. The third-order valence-electron chi connectivity index (χ3n) is 13.2. The Morgan fingerprint density at radius 1 is 0.758 bits per heavy atom. The van der Waals surface area contributed by atoms with Crippen molar-refractivity contribution in [2.75, 3.05) is 27.9 Å². The van der Waals surface area contributed by atoms with Gasteiger partial charge in [0.1, 0.15) is 0 Å². The molecule has 10 nitrogen and oxygen atoms in total. The number of ether oxygens (including phenoxy) is 1. The van der Waals surface area contributed by atoms with Gasteiger partial charge in [-0.2, -0.15) is 0 Å². The van der Waals surface area contributed by atoms with Gasteiger partial charge < -0.3 is 23.8 Å². The second-order valence-corrected chi connectivity index (χ2v) is 21.3. The Hall–Kier alpha value is -5.95. The molecule has 5 aromatic carbocycles. The quantitative estimate of drug-likeness (QED) is 0.105. The van der Waals surface area contributed by atoms with Crippen LogP contribution in [0.1, 0.15) is 54.0 Å². The Morgan fingerprint density at radius 2 is 1.35 bits per heavy atom. The number of hydrogen-bond donors (Lipinski definition) is 1. The van der Waals surface area contributed by atoms with Crippen molar-refractivity contribution in [2.24, 2.45) is 5.92 Å². The Bertz CT molecular complexity index is 2560. The van der Waals surface area contributed by atoms with Crippen molar-refractivity contribution >= 4 is 60.5 Å². The lowest BCUT2D eigenvalue weighted by Crippen LogP contribution is -2.45. The summed E-state index contributed by atoms with van der Waals surface area (Å²) in [5.41, 5.74) is 5.30. The van der Waals surface area contributed by atoms with Crippen molar-refractivity contribution in [3.05, 3.63) is 149 Å². The fraction of sp³-hybridized carbons (Fsp3) is 0.320. The molecule has 9 rings (SSSR count). The summed E-state index contributed by atoms with van der Waals surface area (Å²) < 4.78 is 24.0. The Labute approximate surface area is 362 Å². The molecule has 0 bridgehead atoms. The third-order valence-corrected chi connectivity index (χ3v) is 15.7. The van der Waals surface area contributed by atoms with Gasteiger partial charge >= 0.3 is 0 Å². The van der Waals surface area contributed by atoms with Crippen molar-refractivity contribution in [1.82, 2.24) is 4.90 Å². The van der Waals surface area contributed by atoms with Crippen LogP contribution in [0.2, 0.25) is 18.6 Å². The molecule has 4 aliphatic rings. The minimum absolute atomic E-state index is 0.0112. The topological polar surface area (TPSA) is 111 Å². The summed E-state index contributed by atoms with van der Waals surface area (Å²) in [5, 5.41) is 9.99. The molecule has 318 valence electrons. The average Bonchev–Trinajstić information content (AvgIpc) is 3.69. The summed E-state index contributed by atoms with van der Waals surface area (Å²) in [7, 11) is -3.67. The highest BCUT2D eigenvalue weighted by Gasteiger charge is 2.67. The summed E-state index contributed by atoms with van der Waals surface area (Å²) in [4.78, 5) is 63.7. The lowest BCUT2D eigenvalue weighted by molar-refractivity contribution is -0.150. The van der Waals surface area contributed by atoms with Crippen LogP contribution in [0.25, 0.3) is 0 Å². The minimum atomic E-state index is -3.67. The lowest BCUT2D eigenvalue weighted by atomic mass is 9.82. The first-order valence-corrected chi connectivity index (χ1v) is 24.5. The zero-order valence-corrected chi connectivity index (χ0v) is 36.3. The van der Waals surface area contributed by atoms with E-state index >= 15 is 8.90 Å². The van der Waals surface area contributed by atoms with Gasteiger partial charge in [0.2, 0.25) is 26.1 Å². The molecule has 4 aliphatic heterocycles. The molecule has 5 aromatic rings. The molecule has 0 aromatic heterocycles. The van der Waals surface area contributed by atoms with E-state index in [1.165, 1.54) is 0 Å². The molecule has 0 unspecified atom stereocenters. The molecule has 0 saturated carbocycles. The molecule has 12 heteroatoms. The van der Waals surface area contributed by atoms with E-state index in [9.17, 15) is 19.5 Å². The zero-order chi connectivity index (χ0) is 43.3. The fourth-order valence-electron chi connectivity index (χ4n) is 10.4. The third kappa shape index (κ3) is 7.23. The van der Waals surface area contributed by atoms with Crippen LogP contribution in [-0.2, 0) is 55.4 Å². The summed E-state index contributed by atoms with van der Waals surface area (Å²) in [6.07, 6.45) is 0.848. The van der Waals surface area contributed by atoms with Gasteiger partial charge in [-0.1, -0.05) is 85.8 Å². The van der Waals surface area contributed by atoms with Crippen LogP contribution < -0.4 is 14.7 Å². The highest BCUT2D eigenvalue weighted by Crippen LogP contribution is 2.61. The molecular weight excluding hydrogens is 800 g/mol. The van der Waals surface area contributed by atoms with Crippen LogP contribution in [0.15, 0.2) is 121 Å². The first-order chi connectivity index (χ1) is 29.9. The SMILES string of the molecule is C[C@H]1[C@H]([Si](C)(C)F)[C@@H](CC(=O)N(CCO)Cc2ccccc2)O[C@]12C(=O)N(Cc1cccc(N3C(=O)CCc4ccccc43)c1)c1ccc(N3C(=O)CCc4ccccc43)cc12.